The molecule has 1 aliphatic carbocycles. The number of anilines is 1. The smallest absolute Gasteiger partial charge is 0.276 e. The molecule has 1 N–H and O–H groups in total. The highest BCUT2D eigenvalue weighted by Crippen LogP contribution is 2.40. The summed E-state index contributed by atoms with van der Waals surface area (Å²) in [7, 11) is 0. The van der Waals surface area contributed by atoms with Crippen molar-refractivity contribution in [2.24, 2.45) is 5.92 Å². The van der Waals surface area contributed by atoms with E-state index >= 15 is 0 Å². The lowest BCUT2D eigenvalue weighted by atomic mass is 10.1. The SMILES string of the molecule is CCOc1ccc(C)nc1C(=O)N1CC2CC(Nc3ncc(C)cn3)C1C2. The quantitative estimate of drug-likeness (QED) is 0.875. The number of hydrogen-bond donors (Lipinski definition) is 1. The van der Waals surface area contributed by atoms with Gasteiger partial charge in [-0.3, -0.25) is 4.79 Å². The summed E-state index contributed by atoms with van der Waals surface area (Å²) < 4.78 is 5.64. The van der Waals surface area contributed by atoms with Crippen LogP contribution in [0.5, 0.6) is 5.75 Å². The van der Waals surface area contributed by atoms with Gasteiger partial charge in [-0.15, -0.1) is 0 Å². The fraction of sp³-hybridized carbons (Fsp3) is 0.500. The standard InChI is InChI=1S/C20H25N5O2/c1-4-27-17-6-5-13(3)23-18(17)19(26)25-11-14-7-15(16(25)8-14)24-20-21-9-12(2)10-22-20/h5-6,9-10,14-16H,4,7-8,11H2,1-3H3,(H,21,22,24). The van der Waals surface area contributed by atoms with E-state index in [9.17, 15) is 4.79 Å². The number of nitrogens with one attached hydrogen (secondary N) is 1. The van der Waals surface area contributed by atoms with Gasteiger partial charge in [-0.25, -0.2) is 15.0 Å². The largest absolute Gasteiger partial charge is 0.491 e. The lowest BCUT2D eigenvalue weighted by molar-refractivity contribution is 0.0681. The minimum atomic E-state index is -0.0500. The van der Waals surface area contributed by atoms with E-state index in [2.05, 4.69) is 20.3 Å². The fourth-order valence-electron chi connectivity index (χ4n) is 4.15. The molecule has 1 saturated carbocycles. The molecule has 3 unspecified atom stereocenters. The van der Waals surface area contributed by atoms with Crippen LogP contribution in [0.1, 0.15) is 41.5 Å². The Labute approximate surface area is 159 Å². The zero-order chi connectivity index (χ0) is 19.0. The van der Waals surface area contributed by atoms with E-state index in [1.165, 1.54) is 0 Å². The van der Waals surface area contributed by atoms with E-state index < -0.39 is 0 Å². The van der Waals surface area contributed by atoms with Gasteiger partial charge in [0.05, 0.1) is 12.6 Å². The molecular weight excluding hydrogens is 342 g/mol. The molecule has 7 heteroatoms. The number of amides is 1. The molecule has 0 aromatic carbocycles. The summed E-state index contributed by atoms with van der Waals surface area (Å²) in [5.74, 6) is 1.63. The molecule has 2 aromatic heterocycles. The van der Waals surface area contributed by atoms with Crippen LogP contribution in [0.25, 0.3) is 0 Å². The Bertz CT molecular complexity index is 839. The minimum Gasteiger partial charge on any atom is -0.491 e. The van der Waals surface area contributed by atoms with Crippen LogP contribution in [0.2, 0.25) is 0 Å². The van der Waals surface area contributed by atoms with Crippen LogP contribution < -0.4 is 10.1 Å². The highest BCUT2D eigenvalue weighted by atomic mass is 16.5. The molecule has 1 amide bonds. The number of aromatic nitrogens is 3. The molecule has 2 aromatic rings. The molecule has 3 heterocycles. The molecule has 27 heavy (non-hydrogen) atoms. The van der Waals surface area contributed by atoms with E-state index in [0.29, 0.717) is 29.9 Å². The number of fused-ring (bicyclic) bond motifs is 2. The van der Waals surface area contributed by atoms with Crippen molar-refractivity contribution in [1.82, 2.24) is 19.9 Å². The van der Waals surface area contributed by atoms with Crippen LogP contribution in [-0.4, -0.2) is 51.0 Å². The van der Waals surface area contributed by atoms with Crippen molar-refractivity contribution in [2.45, 2.75) is 45.7 Å². The summed E-state index contributed by atoms with van der Waals surface area (Å²) in [5, 5.41) is 3.42. The van der Waals surface area contributed by atoms with E-state index in [-0.39, 0.29) is 18.0 Å². The summed E-state index contributed by atoms with van der Waals surface area (Å²) in [6, 6.07) is 4.00. The minimum absolute atomic E-state index is 0.0500. The molecule has 0 spiro atoms. The van der Waals surface area contributed by atoms with Gasteiger partial charge in [0.15, 0.2) is 11.4 Å². The summed E-state index contributed by atoms with van der Waals surface area (Å²) >= 11 is 0. The Morgan fingerprint density at radius 1 is 1.26 bits per heavy atom. The molecule has 0 radical (unpaired) electrons. The van der Waals surface area contributed by atoms with Crippen LogP contribution in [0.15, 0.2) is 24.5 Å². The third kappa shape index (κ3) is 3.46. The summed E-state index contributed by atoms with van der Waals surface area (Å²) in [6.07, 6.45) is 5.64. The maximum absolute atomic E-state index is 13.3. The number of pyridine rings is 1. The number of piperidine rings is 1. The number of aryl methyl sites for hydroxylation is 2. The lowest BCUT2D eigenvalue weighted by Gasteiger charge is -2.33. The lowest BCUT2D eigenvalue weighted by Crippen LogP contribution is -2.48. The molecule has 142 valence electrons. The molecule has 1 aliphatic heterocycles. The first-order valence-electron chi connectivity index (χ1n) is 9.51. The van der Waals surface area contributed by atoms with Gasteiger partial charge in [0.2, 0.25) is 5.95 Å². The molecule has 2 bridgehead atoms. The number of nitrogens with zero attached hydrogens (tertiary/aromatic N) is 4. The monoisotopic (exact) mass is 367 g/mol. The molecule has 3 atom stereocenters. The van der Waals surface area contributed by atoms with Crippen molar-refractivity contribution in [2.75, 3.05) is 18.5 Å². The number of likely N-dealkylation sites (tertiary alicyclic amines) is 1. The van der Waals surface area contributed by atoms with Crippen LogP contribution in [0.4, 0.5) is 5.95 Å². The first kappa shape index (κ1) is 17.7. The predicted octanol–water partition coefficient (Wildman–Crippen LogP) is 2.60. The van der Waals surface area contributed by atoms with Gasteiger partial charge in [0.1, 0.15) is 0 Å². The van der Waals surface area contributed by atoms with Gasteiger partial charge in [0, 0.05) is 30.7 Å². The van der Waals surface area contributed by atoms with Gasteiger partial charge >= 0.3 is 0 Å². The summed E-state index contributed by atoms with van der Waals surface area (Å²) in [6.45, 7) is 7.05. The zero-order valence-electron chi connectivity index (χ0n) is 16.0. The topological polar surface area (TPSA) is 80.2 Å². The van der Waals surface area contributed by atoms with Gasteiger partial charge in [-0.1, -0.05) is 0 Å². The van der Waals surface area contributed by atoms with Gasteiger partial charge in [0.25, 0.3) is 5.91 Å². The predicted molar refractivity (Wildman–Crippen MR) is 102 cm³/mol. The second-order valence-corrected chi connectivity index (χ2v) is 7.43. The molecule has 7 nitrogen and oxygen atoms in total. The highest BCUT2D eigenvalue weighted by Gasteiger charge is 2.47. The number of carbonyl (C=O) groups is 1. The Morgan fingerprint density at radius 2 is 2.04 bits per heavy atom. The first-order valence-corrected chi connectivity index (χ1v) is 9.51. The summed E-state index contributed by atoms with van der Waals surface area (Å²) in [5.41, 5.74) is 2.25. The van der Waals surface area contributed by atoms with Crippen molar-refractivity contribution >= 4 is 11.9 Å². The van der Waals surface area contributed by atoms with Gasteiger partial charge in [-0.2, -0.15) is 0 Å². The molecule has 1 saturated heterocycles. The van der Waals surface area contributed by atoms with Crippen molar-refractivity contribution in [3.8, 4) is 5.75 Å². The second-order valence-electron chi connectivity index (χ2n) is 7.43. The molecular formula is C20H25N5O2. The third-order valence-electron chi connectivity index (χ3n) is 5.34. The van der Waals surface area contributed by atoms with Crippen molar-refractivity contribution < 1.29 is 9.53 Å². The van der Waals surface area contributed by atoms with Gasteiger partial charge in [-0.05, 0) is 57.2 Å². The maximum Gasteiger partial charge on any atom is 0.276 e. The molecule has 2 aliphatic rings. The summed E-state index contributed by atoms with van der Waals surface area (Å²) in [4.78, 5) is 28.4. The van der Waals surface area contributed by atoms with Crippen molar-refractivity contribution in [1.29, 1.82) is 0 Å². The number of hydrogen-bond acceptors (Lipinski definition) is 6. The molecule has 2 fully saturated rings. The van der Waals surface area contributed by atoms with Crippen molar-refractivity contribution in [3.05, 3.63) is 41.5 Å². The van der Waals surface area contributed by atoms with Crippen LogP contribution in [0, 0.1) is 19.8 Å². The number of rotatable bonds is 5. The number of carbonyl (C=O) groups excluding carboxylic acids is 1. The average molecular weight is 367 g/mol. The Morgan fingerprint density at radius 3 is 2.74 bits per heavy atom. The molecule has 4 rings (SSSR count). The Kier molecular flexibility index (Phi) is 4.68. The highest BCUT2D eigenvalue weighted by molar-refractivity contribution is 5.95. The number of ether oxygens (including phenoxy) is 1. The average Bonchev–Trinajstić information content (AvgIpc) is 3.25. The second kappa shape index (κ2) is 7.13. The van der Waals surface area contributed by atoms with Crippen LogP contribution in [-0.2, 0) is 0 Å². The Hall–Kier alpha value is -2.70. The maximum atomic E-state index is 13.3. The van der Waals surface area contributed by atoms with Gasteiger partial charge < -0.3 is 15.0 Å². The first-order chi connectivity index (χ1) is 13.0. The van der Waals surface area contributed by atoms with E-state index in [1.807, 2.05) is 37.8 Å². The van der Waals surface area contributed by atoms with E-state index in [1.54, 1.807) is 12.4 Å². The Balaban J connectivity index is 1.54. The fourth-order valence-corrected chi connectivity index (χ4v) is 4.15. The van der Waals surface area contributed by atoms with E-state index in [0.717, 1.165) is 30.6 Å². The zero-order valence-corrected chi connectivity index (χ0v) is 16.0. The van der Waals surface area contributed by atoms with Crippen LogP contribution in [0.3, 0.4) is 0 Å². The van der Waals surface area contributed by atoms with Crippen LogP contribution >= 0.6 is 0 Å². The normalized spacial score (nSPS) is 23.5. The van der Waals surface area contributed by atoms with Crippen molar-refractivity contribution in [3.63, 3.8) is 0 Å². The third-order valence-corrected chi connectivity index (χ3v) is 5.34. The van der Waals surface area contributed by atoms with E-state index in [4.69, 9.17) is 4.74 Å².